The van der Waals surface area contributed by atoms with Gasteiger partial charge >= 0.3 is 5.97 Å². The van der Waals surface area contributed by atoms with Crippen LogP contribution in [0.4, 0.5) is 0 Å². The van der Waals surface area contributed by atoms with Gasteiger partial charge in [0.1, 0.15) is 11.3 Å². The highest BCUT2D eigenvalue weighted by atomic mass is 16.5. The molecule has 140 valence electrons. The third kappa shape index (κ3) is 3.98. The van der Waals surface area contributed by atoms with Gasteiger partial charge in [-0.1, -0.05) is 36.4 Å². The Balaban J connectivity index is 1.37. The van der Waals surface area contributed by atoms with Crippen molar-refractivity contribution >= 4 is 16.9 Å². The van der Waals surface area contributed by atoms with Gasteiger partial charge < -0.3 is 14.3 Å². The van der Waals surface area contributed by atoms with Crippen molar-refractivity contribution in [1.82, 2.24) is 4.90 Å². The van der Waals surface area contributed by atoms with E-state index >= 15 is 0 Å². The van der Waals surface area contributed by atoms with Gasteiger partial charge in [0.2, 0.25) is 5.76 Å². The molecule has 4 rings (SSSR count). The van der Waals surface area contributed by atoms with Crippen LogP contribution in [0, 0.1) is 5.92 Å². The quantitative estimate of drug-likeness (QED) is 0.700. The van der Waals surface area contributed by atoms with Crippen molar-refractivity contribution in [3.05, 3.63) is 65.9 Å². The number of hydrogen-bond donors (Lipinski definition) is 1. The fourth-order valence-electron chi connectivity index (χ4n) is 3.69. The summed E-state index contributed by atoms with van der Waals surface area (Å²) in [5.41, 5.74) is 1.41. The molecule has 0 aliphatic carbocycles. The lowest BCUT2D eigenvalue weighted by atomic mass is 9.97. The maximum atomic E-state index is 11.6. The molecule has 0 amide bonds. The minimum absolute atomic E-state index is 0.0609. The maximum Gasteiger partial charge on any atom is 0.372 e. The average Bonchev–Trinajstić information content (AvgIpc) is 3.07. The molecule has 0 bridgehead atoms. The molecule has 3 aromatic rings. The van der Waals surface area contributed by atoms with Gasteiger partial charge in [-0.3, -0.25) is 4.90 Å². The Kier molecular flexibility index (Phi) is 5.12. The van der Waals surface area contributed by atoms with Crippen LogP contribution in [0.25, 0.3) is 11.0 Å². The van der Waals surface area contributed by atoms with Gasteiger partial charge in [-0.25, -0.2) is 4.79 Å². The summed E-state index contributed by atoms with van der Waals surface area (Å²) in [6, 6.07) is 17.4. The topological polar surface area (TPSA) is 62.9 Å². The summed E-state index contributed by atoms with van der Waals surface area (Å²) in [6.07, 6.45) is 2.09. The fourth-order valence-corrected chi connectivity index (χ4v) is 3.69. The van der Waals surface area contributed by atoms with Crippen LogP contribution in [-0.2, 0) is 6.54 Å². The van der Waals surface area contributed by atoms with Crippen molar-refractivity contribution < 1.29 is 19.1 Å². The second-order valence-corrected chi connectivity index (χ2v) is 7.05. The molecule has 5 heteroatoms. The molecule has 0 atom stereocenters. The highest BCUT2D eigenvalue weighted by Gasteiger charge is 2.25. The molecule has 1 aliphatic rings. The average molecular weight is 365 g/mol. The monoisotopic (exact) mass is 365 g/mol. The summed E-state index contributed by atoms with van der Waals surface area (Å²) in [5.74, 6) is 0.496. The molecular weight excluding hydrogens is 342 g/mol. The highest BCUT2D eigenvalue weighted by molar-refractivity contribution is 5.95. The summed E-state index contributed by atoms with van der Waals surface area (Å²) >= 11 is 0. The number of rotatable bonds is 6. The summed E-state index contributed by atoms with van der Waals surface area (Å²) in [5, 5.41) is 10.4. The predicted octanol–water partition coefficient (Wildman–Crippen LogP) is 4.42. The first-order chi connectivity index (χ1) is 13.2. The summed E-state index contributed by atoms with van der Waals surface area (Å²) in [7, 11) is 0. The number of furan rings is 1. The molecule has 1 fully saturated rings. The first-order valence-corrected chi connectivity index (χ1v) is 9.34. The molecule has 1 aromatic heterocycles. The third-order valence-corrected chi connectivity index (χ3v) is 5.21. The number of carboxylic acids is 1. The lowest BCUT2D eigenvalue weighted by molar-refractivity contribution is 0.0660. The molecule has 5 nitrogen and oxygen atoms in total. The van der Waals surface area contributed by atoms with E-state index in [9.17, 15) is 9.90 Å². The van der Waals surface area contributed by atoms with Crippen molar-refractivity contribution in [1.29, 1.82) is 0 Å². The number of carbonyl (C=O) groups is 1. The van der Waals surface area contributed by atoms with Gasteiger partial charge in [0.15, 0.2) is 0 Å². The van der Waals surface area contributed by atoms with Gasteiger partial charge in [0.05, 0.1) is 6.61 Å². The SMILES string of the molecule is O=C(O)c1oc2ccccc2c1CN1CCC(COc2ccccc2)CC1. The highest BCUT2D eigenvalue weighted by Crippen LogP contribution is 2.29. The van der Waals surface area contributed by atoms with Crippen LogP contribution in [0.15, 0.2) is 59.0 Å². The second kappa shape index (κ2) is 7.84. The van der Waals surface area contributed by atoms with Crippen molar-refractivity contribution in [3.63, 3.8) is 0 Å². The van der Waals surface area contributed by atoms with E-state index in [4.69, 9.17) is 9.15 Å². The number of likely N-dealkylation sites (tertiary alicyclic amines) is 1. The van der Waals surface area contributed by atoms with Crippen molar-refractivity contribution in [2.24, 2.45) is 5.92 Å². The first-order valence-electron chi connectivity index (χ1n) is 9.34. The first kappa shape index (κ1) is 17.6. The fraction of sp³-hybridized carbons (Fsp3) is 0.318. The molecule has 0 spiro atoms. The number of carboxylic acid groups (broad SMARTS) is 1. The zero-order valence-electron chi connectivity index (χ0n) is 15.1. The van der Waals surface area contributed by atoms with E-state index in [2.05, 4.69) is 4.90 Å². The Morgan fingerprint density at radius 1 is 1.07 bits per heavy atom. The lowest BCUT2D eigenvalue weighted by Gasteiger charge is -2.31. The minimum atomic E-state index is -1.01. The number of aromatic carboxylic acids is 1. The number of para-hydroxylation sites is 2. The van der Waals surface area contributed by atoms with Gasteiger partial charge in [0, 0.05) is 17.5 Å². The number of piperidine rings is 1. The molecule has 0 radical (unpaired) electrons. The Bertz CT molecular complexity index is 910. The van der Waals surface area contributed by atoms with Gasteiger partial charge in [-0.05, 0) is 50.0 Å². The normalized spacial score (nSPS) is 15.9. The molecule has 2 aromatic carbocycles. The van der Waals surface area contributed by atoms with Crippen LogP contribution in [0.2, 0.25) is 0 Å². The summed E-state index contributed by atoms with van der Waals surface area (Å²) in [4.78, 5) is 13.9. The molecule has 2 heterocycles. The Labute approximate surface area is 158 Å². The number of fused-ring (bicyclic) bond motifs is 1. The predicted molar refractivity (Wildman–Crippen MR) is 103 cm³/mol. The molecule has 1 aliphatic heterocycles. The van der Waals surface area contributed by atoms with Crippen molar-refractivity contribution in [2.75, 3.05) is 19.7 Å². The summed E-state index contributed by atoms with van der Waals surface area (Å²) in [6.45, 7) is 3.19. The van der Waals surface area contributed by atoms with Gasteiger partial charge in [-0.15, -0.1) is 0 Å². The number of benzene rings is 2. The molecule has 1 saturated heterocycles. The largest absolute Gasteiger partial charge is 0.493 e. The lowest BCUT2D eigenvalue weighted by Crippen LogP contribution is -2.35. The van der Waals surface area contributed by atoms with Crippen LogP contribution < -0.4 is 4.74 Å². The zero-order valence-corrected chi connectivity index (χ0v) is 15.1. The van der Waals surface area contributed by atoms with E-state index in [0.29, 0.717) is 18.0 Å². The number of ether oxygens (including phenoxy) is 1. The number of hydrogen-bond acceptors (Lipinski definition) is 4. The summed E-state index contributed by atoms with van der Waals surface area (Å²) < 4.78 is 11.4. The van der Waals surface area contributed by atoms with Crippen molar-refractivity contribution in [3.8, 4) is 5.75 Å². The smallest absolute Gasteiger partial charge is 0.372 e. The molecule has 27 heavy (non-hydrogen) atoms. The van der Waals surface area contributed by atoms with E-state index < -0.39 is 5.97 Å². The third-order valence-electron chi connectivity index (χ3n) is 5.21. The Hall–Kier alpha value is -2.79. The maximum absolute atomic E-state index is 11.6. The van der Waals surface area contributed by atoms with Crippen LogP contribution in [0.3, 0.4) is 0 Å². The molecule has 0 saturated carbocycles. The zero-order chi connectivity index (χ0) is 18.6. The molecular formula is C22H23NO4. The van der Waals surface area contributed by atoms with E-state index in [0.717, 1.165) is 49.2 Å². The Morgan fingerprint density at radius 3 is 2.52 bits per heavy atom. The molecule has 1 N–H and O–H groups in total. The van der Waals surface area contributed by atoms with E-state index in [1.54, 1.807) is 0 Å². The van der Waals surface area contributed by atoms with E-state index in [1.807, 2.05) is 54.6 Å². The molecule has 0 unspecified atom stereocenters. The van der Waals surface area contributed by atoms with Crippen LogP contribution >= 0.6 is 0 Å². The van der Waals surface area contributed by atoms with Crippen molar-refractivity contribution in [2.45, 2.75) is 19.4 Å². The minimum Gasteiger partial charge on any atom is -0.493 e. The van der Waals surface area contributed by atoms with E-state index in [1.165, 1.54) is 0 Å². The van der Waals surface area contributed by atoms with Crippen LogP contribution in [0.1, 0.15) is 29.0 Å². The van der Waals surface area contributed by atoms with Gasteiger partial charge in [0.25, 0.3) is 0 Å². The standard InChI is InChI=1S/C22H23NO4/c24-22(25)21-19(18-8-4-5-9-20(18)27-21)14-23-12-10-16(11-13-23)15-26-17-6-2-1-3-7-17/h1-9,16H,10-15H2,(H,24,25). The van der Waals surface area contributed by atoms with Gasteiger partial charge in [-0.2, -0.15) is 0 Å². The Morgan fingerprint density at radius 2 is 1.78 bits per heavy atom. The number of nitrogens with zero attached hydrogens (tertiary/aromatic N) is 1. The van der Waals surface area contributed by atoms with Crippen LogP contribution in [0.5, 0.6) is 5.75 Å². The second-order valence-electron chi connectivity index (χ2n) is 7.05. The van der Waals surface area contributed by atoms with Crippen LogP contribution in [-0.4, -0.2) is 35.7 Å². The van der Waals surface area contributed by atoms with E-state index in [-0.39, 0.29) is 5.76 Å².